The summed E-state index contributed by atoms with van der Waals surface area (Å²) >= 11 is 0. The van der Waals surface area contributed by atoms with Gasteiger partial charge < -0.3 is 0 Å². The van der Waals surface area contributed by atoms with Gasteiger partial charge >= 0.3 is 0 Å². The van der Waals surface area contributed by atoms with Gasteiger partial charge in [-0.25, -0.2) is 0 Å². The van der Waals surface area contributed by atoms with Gasteiger partial charge in [0.1, 0.15) is 0 Å². The zero-order chi connectivity index (χ0) is 13.7. The van der Waals surface area contributed by atoms with Crippen molar-refractivity contribution in [2.75, 3.05) is 13.3 Å². The van der Waals surface area contributed by atoms with Crippen molar-refractivity contribution in [2.45, 2.75) is 12.8 Å². The van der Waals surface area contributed by atoms with Gasteiger partial charge in [0.05, 0.1) is 0 Å². The molecule has 3 rings (SSSR count). The quantitative estimate of drug-likeness (QED) is 0.613. The summed E-state index contributed by atoms with van der Waals surface area (Å²) < 4.78 is 0. The summed E-state index contributed by atoms with van der Waals surface area (Å²) in [5, 5.41) is 0. The summed E-state index contributed by atoms with van der Waals surface area (Å²) in [6, 6.07) is 10.6. The Labute approximate surface area is 118 Å². The SMILES string of the molecule is C=C1CC=CC2=C1C=C(c1ccccc1)C2.CPC. The summed E-state index contributed by atoms with van der Waals surface area (Å²) in [5.41, 5.74) is 6.79. The molecule has 0 spiro atoms. The van der Waals surface area contributed by atoms with Crippen LogP contribution in [-0.4, -0.2) is 13.3 Å². The van der Waals surface area contributed by atoms with Gasteiger partial charge in [0.2, 0.25) is 0 Å². The van der Waals surface area contributed by atoms with Crippen molar-refractivity contribution in [1.82, 2.24) is 0 Å². The molecule has 0 nitrogen and oxygen atoms in total. The lowest BCUT2D eigenvalue weighted by Gasteiger charge is -2.09. The molecule has 0 unspecified atom stereocenters. The van der Waals surface area contributed by atoms with Crippen molar-refractivity contribution in [1.29, 1.82) is 0 Å². The Kier molecular flexibility index (Phi) is 4.93. The fraction of sp³-hybridized carbons (Fsp3) is 0.222. The lowest BCUT2D eigenvalue weighted by atomic mass is 9.96. The van der Waals surface area contributed by atoms with Crippen molar-refractivity contribution in [3.63, 3.8) is 0 Å². The number of hydrogen-bond acceptors (Lipinski definition) is 0. The molecular formula is C18H21P. The largest absolute Gasteiger partial charge is 0.129 e. The number of allylic oxidation sites excluding steroid dienone is 7. The second kappa shape index (κ2) is 6.68. The van der Waals surface area contributed by atoms with E-state index in [2.05, 4.69) is 68.5 Å². The first-order valence-corrected chi connectivity index (χ1v) is 8.68. The van der Waals surface area contributed by atoms with Crippen LogP contribution >= 0.6 is 8.58 Å². The Balaban J connectivity index is 0.000000408. The molecule has 2 aliphatic rings. The number of benzene rings is 1. The van der Waals surface area contributed by atoms with Gasteiger partial charge in [-0.05, 0) is 54.0 Å². The molecule has 0 aliphatic heterocycles. The first-order chi connectivity index (χ1) is 9.26. The molecule has 0 aromatic heterocycles. The third-order valence-electron chi connectivity index (χ3n) is 3.25. The molecule has 0 heterocycles. The molecule has 0 bridgehead atoms. The summed E-state index contributed by atoms with van der Waals surface area (Å²) in [5.74, 6) is 0. The zero-order valence-corrected chi connectivity index (χ0v) is 12.7. The highest BCUT2D eigenvalue weighted by Gasteiger charge is 2.18. The van der Waals surface area contributed by atoms with Crippen molar-refractivity contribution in [3.8, 4) is 0 Å². The van der Waals surface area contributed by atoms with Gasteiger partial charge in [-0.2, -0.15) is 0 Å². The van der Waals surface area contributed by atoms with Gasteiger partial charge in [-0.1, -0.05) is 55.1 Å². The smallest absolute Gasteiger partial charge is 0.00137 e. The molecule has 0 saturated carbocycles. The molecular weight excluding hydrogens is 247 g/mol. The highest BCUT2D eigenvalue weighted by atomic mass is 31.1. The van der Waals surface area contributed by atoms with Gasteiger partial charge in [-0.15, -0.1) is 8.58 Å². The molecule has 0 N–H and O–H groups in total. The number of hydrogen-bond donors (Lipinski definition) is 0. The summed E-state index contributed by atoms with van der Waals surface area (Å²) in [6.45, 7) is 8.44. The Bertz CT molecular complexity index is 544. The van der Waals surface area contributed by atoms with Crippen LogP contribution in [0.4, 0.5) is 0 Å². The summed E-state index contributed by atoms with van der Waals surface area (Å²) in [7, 11) is 1.08. The lowest BCUT2D eigenvalue weighted by Crippen LogP contribution is -1.90. The molecule has 1 aromatic rings. The minimum Gasteiger partial charge on any atom is -0.129 e. The topological polar surface area (TPSA) is 0 Å². The van der Waals surface area contributed by atoms with E-state index in [1.54, 1.807) is 0 Å². The maximum absolute atomic E-state index is 4.13. The lowest BCUT2D eigenvalue weighted by molar-refractivity contribution is 1.18. The van der Waals surface area contributed by atoms with Gasteiger partial charge in [0, 0.05) is 0 Å². The fourth-order valence-corrected chi connectivity index (χ4v) is 2.39. The molecule has 0 amide bonds. The van der Waals surface area contributed by atoms with Gasteiger partial charge in [0.15, 0.2) is 0 Å². The molecule has 1 aromatic carbocycles. The normalized spacial score (nSPS) is 16.7. The third kappa shape index (κ3) is 3.33. The van der Waals surface area contributed by atoms with Crippen molar-refractivity contribution >= 4 is 14.2 Å². The first-order valence-electron chi connectivity index (χ1n) is 6.68. The van der Waals surface area contributed by atoms with Gasteiger partial charge in [-0.3, -0.25) is 0 Å². The van der Waals surface area contributed by atoms with E-state index in [1.165, 1.54) is 27.9 Å². The predicted octanol–water partition coefficient (Wildman–Crippen LogP) is 5.21. The highest BCUT2D eigenvalue weighted by Crippen LogP contribution is 2.38. The maximum atomic E-state index is 4.13. The Morgan fingerprint density at radius 1 is 1.11 bits per heavy atom. The number of rotatable bonds is 1. The summed E-state index contributed by atoms with van der Waals surface area (Å²) in [6.07, 6.45) is 8.81. The average molecular weight is 268 g/mol. The van der Waals surface area contributed by atoms with Crippen LogP contribution in [0.3, 0.4) is 0 Å². The van der Waals surface area contributed by atoms with E-state index in [0.29, 0.717) is 0 Å². The molecule has 0 atom stereocenters. The van der Waals surface area contributed by atoms with Crippen LogP contribution < -0.4 is 0 Å². The van der Waals surface area contributed by atoms with Crippen molar-refractivity contribution in [2.24, 2.45) is 0 Å². The van der Waals surface area contributed by atoms with Crippen LogP contribution in [0.15, 0.2) is 71.9 Å². The molecule has 19 heavy (non-hydrogen) atoms. The van der Waals surface area contributed by atoms with Crippen LogP contribution in [0.25, 0.3) is 5.57 Å². The molecule has 0 fully saturated rings. The third-order valence-corrected chi connectivity index (χ3v) is 3.25. The Morgan fingerprint density at radius 2 is 1.79 bits per heavy atom. The van der Waals surface area contributed by atoms with E-state index in [4.69, 9.17) is 0 Å². The Morgan fingerprint density at radius 3 is 2.42 bits per heavy atom. The van der Waals surface area contributed by atoms with Crippen LogP contribution in [0.1, 0.15) is 18.4 Å². The van der Waals surface area contributed by atoms with Crippen LogP contribution in [0.2, 0.25) is 0 Å². The second-order valence-corrected chi connectivity index (χ2v) is 5.86. The summed E-state index contributed by atoms with van der Waals surface area (Å²) in [4.78, 5) is 0. The minimum absolute atomic E-state index is 0.997. The first kappa shape index (κ1) is 14.0. The molecule has 0 radical (unpaired) electrons. The highest BCUT2D eigenvalue weighted by molar-refractivity contribution is 7.35. The van der Waals surface area contributed by atoms with E-state index in [-0.39, 0.29) is 0 Å². The van der Waals surface area contributed by atoms with Crippen LogP contribution in [0.5, 0.6) is 0 Å². The zero-order valence-electron chi connectivity index (χ0n) is 11.7. The monoisotopic (exact) mass is 268 g/mol. The molecule has 2 aliphatic carbocycles. The fourth-order valence-electron chi connectivity index (χ4n) is 2.39. The van der Waals surface area contributed by atoms with E-state index in [9.17, 15) is 0 Å². The predicted molar refractivity (Wildman–Crippen MR) is 89.1 cm³/mol. The molecule has 0 saturated heterocycles. The Hall–Kier alpha value is -1.39. The van der Waals surface area contributed by atoms with Crippen molar-refractivity contribution in [3.05, 3.63) is 77.4 Å². The maximum Gasteiger partial charge on any atom is -0.00137 e. The standard InChI is InChI=1S/C16H14.C2H7P/c1-12-6-5-9-14-10-15(11-16(12)14)13-7-3-2-4-8-13;1-3-2/h2-5,7-9,11H,1,6,10H2;3H,1-2H3. The molecule has 1 heteroatoms. The minimum atomic E-state index is 0.997. The molecule has 98 valence electrons. The van der Waals surface area contributed by atoms with E-state index in [0.717, 1.165) is 21.4 Å². The van der Waals surface area contributed by atoms with E-state index >= 15 is 0 Å². The van der Waals surface area contributed by atoms with Crippen LogP contribution in [-0.2, 0) is 0 Å². The van der Waals surface area contributed by atoms with Gasteiger partial charge in [0.25, 0.3) is 0 Å². The van der Waals surface area contributed by atoms with Crippen LogP contribution in [0, 0.1) is 0 Å². The van der Waals surface area contributed by atoms with Crippen molar-refractivity contribution < 1.29 is 0 Å². The van der Waals surface area contributed by atoms with E-state index < -0.39 is 0 Å². The second-order valence-electron chi connectivity index (χ2n) is 4.86. The average Bonchev–Trinajstić information content (AvgIpc) is 2.86. The van der Waals surface area contributed by atoms with E-state index in [1.807, 2.05) is 0 Å².